The number of carbonyl (C=O) groups excluding carboxylic acids is 3. The van der Waals surface area contributed by atoms with Gasteiger partial charge < -0.3 is 30.5 Å². The van der Waals surface area contributed by atoms with Crippen LogP contribution in [-0.4, -0.2) is 51.2 Å². The van der Waals surface area contributed by atoms with Gasteiger partial charge in [0.25, 0.3) is 5.91 Å². The lowest BCUT2D eigenvalue weighted by Gasteiger charge is -2.34. The van der Waals surface area contributed by atoms with Crippen LogP contribution in [0.4, 0.5) is 10.5 Å². The highest BCUT2D eigenvalue weighted by atomic mass is 16.6. The van der Waals surface area contributed by atoms with E-state index in [1.807, 2.05) is 32.0 Å². The van der Waals surface area contributed by atoms with E-state index in [1.54, 1.807) is 58.9 Å². The zero-order chi connectivity index (χ0) is 31.2. The van der Waals surface area contributed by atoms with E-state index in [0.717, 1.165) is 11.1 Å². The molecule has 0 heterocycles. The molecule has 9 heteroatoms. The predicted molar refractivity (Wildman–Crippen MR) is 162 cm³/mol. The van der Waals surface area contributed by atoms with Crippen molar-refractivity contribution in [3.05, 3.63) is 88.5 Å². The van der Waals surface area contributed by atoms with Crippen LogP contribution in [-0.2, 0) is 20.7 Å². The van der Waals surface area contributed by atoms with Gasteiger partial charge in [0.15, 0.2) is 0 Å². The summed E-state index contributed by atoms with van der Waals surface area (Å²) >= 11 is 0. The Labute approximate surface area is 247 Å². The highest BCUT2D eigenvalue weighted by Crippen LogP contribution is 2.30. The number of carbonyl (C=O) groups is 3. The molecule has 0 saturated heterocycles. The predicted octanol–water partition coefficient (Wildman–Crippen LogP) is 5.69. The van der Waals surface area contributed by atoms with E-state index in [9.17, 15) is 24.6 Å². The molecular formula is C33H41N3O6. The van der Waals surface area contributed by atoms with Gasteiger partial charge >= 0.3 is 6.09 Å². The minimum atomic E-state index is -1.09. The second-order valence-corrected chi connectivity index (χ2v) is 11.4. The number of hydrogen-bond donors (Lipinski definition) is 4. The number of phenols is 2. The number of benzene rings is 3. The zero-order valence-electron chi connectivity index (χ0n) is 25.3. The van der Waals surface area contributed by atoms with Crippen LogP contribution in [0.5, 0.6) is 11.5 Å². The standard InChI is InChI=1S/C33H41N3O6/c1-8-36(31(40)26(34-32(41)42-33(5,6)7)19-23-12-15-25(37)16-13-23)29(24-14-17-27(38)22(4)18-24)30(39)35-28-20(2)10-9-11-21(28)3/h9-18,26,29,37-38H,8,19H2,1-7H3,(H,34,41)(H,35,39). The van der Waals surface area contributed by atoms with Gasteiger partial charge in [-0.05, 0) is 101 Å². The van der Waals surface area contributed by atoms with Crippen LogP contribution in [0.3, 0.4) is 0 Å². The number of nitrogens with zero attached hydrogens (tertiary/aromatic N) is 1. The van der Waals surface area contributed by atoms with Gasteiger partial charge in [0.05, 0.1) is 0 Å². The maximum Gasteiger partial charge on any atom is 0.408 e. The number of ether oxygens (including phenoxy) is 1. The molecule has 3 aromatic rings. The van der Waals surface area contributed by atoms with Crippen LogP contribution in [0, 0.1) is 20.8 Å². The van der Waals surface area contributed by atoms with Crippen LogP contribution in [0.1, 0.15) is 61.6 Å². The lowest BCUT2D eigenvalue weighted by Crippen LogP contribution is -2.53. The molecule has 3 aromatic carbocycles. The quantitative estimate of drug-likeness (QED) is 0.260. The molecule has 224 valence electrons. The van der Waals surface area contributed by atoms with E-state index >= 15 is 0 Å². The third-order valence-corrected chi connectivity index (χ3v) is 6.81. The maximum atomic E-state index is 14.3. The van der Waals surface area contributed by atoms with Crippen LogP contribution >= 0.6 is 0 Å². The van der Waals surface area contributed by atoms with Gasteiger partial charge in [0.1, 0.15) is 29.2 Å². The third-order valence-electron chi connectivity index (χ3n) is 6.81. The Hall–Kier alpha value is -4.53. The van der Waals surface area contributed by atoms with E-state index in [2.05, 4.69) is 10.6 Å². The summed E-state index contributed by atoms with van der Waals surface area (Å²) in [6, 6.07) is 14.6. The molecule has 3 rings (SSSR count). The molecule has 2 unspecified atom stereocenters. The zero-order valence-corrected chi connectivity index (χ0v) is 25.3. The van der Waals surface area contributed by atoms with Crippen molar-refractivity contribution in [1.29, 1.82) is 0 Å². The highest BCUT2D eigenvalue weighted by molar-refractivity contribution is 6.00. The summed E-state index contributed by atoms with van der Waals surface area (Å²) in [5, 5.41) is 25.6. The smallest absolute Gasteiger partial charge is 0.408 e. The molecule has 0 aliphatic carbocycles. The van der Waals surface area contributed by atoms with Crippen molar-refractivity contribution in [3.63, 3.8) is 0 Å². The number of alkyl carbamates (subject to hydrolysis) is 1. The molecule has 9 nitrogen and oxygen atoms in total. The third kappa shape index (κ3) is 8.25. The molecule has 0 aromatic heterocycles. The Morgan fingerprint density at radius 2 is 1.52 bits per heavy atom. The number of phenolic OH excluding ortho intramolecular Hbond substituents is 2. The van der Waals surface area contributed by atoms with Gasteiger partial charge in [-0.25, -0.2) is 4.79 Å². The summed E-state index contributed by atoms with van der Waals surface area (Å²) in [4.78, 5) is 42.6. The molecule has 0 saturated carbocycles. The number of aromatic hydroxyl groups is 2. The number of rotatable bonds is 9. The largest absolute Gasteiger partial charge is 0.508 e. The SMILES string of the molecule is CCN(C(=O)C(Cc1ccc(O)cc1)NC(=O)OC(C)(C)C)C(C(=O)Nc1c(C)cccc1C)c1ccc(O)c(C)c1. The molecule has 0 bridgehead atoms. The lowest BCUT2D eigenvalue weighted by molar-refractivity contribution is -0.140. The Balaban J connectivity index is 2.06. The molecule has 2 atom stereocenters. The normalized spacial score (nSPS) is 12.6. The fourth-order valence-corrected chi connectivity index (χ4v) is 4.71. The molecule has 0 fully saturated rings. The van der Waals surface area contributed by atoms with Crippen LogP contribution < -0.4 is 10.6 Å². The van der Waals surface area contributed by atoms with Crippen molar-refractivity contribution in [1.82, 2.24) is 10.2 Å². The number of amides is 3. The number of para-hydroxylation sites is 1. The van der Waals surface area contributed by atoms with Crippen LogP contribution in [0.15, 0.2) is 60.7 Å². The molecule has 0 spiro atoms. The molecule has 0 radical (unpaired) electrons. The number of aryl methyl sites for hydroxylation is 3. The Morgan fingerprint density at radius 3 is 2.07 bits per heavy atom. The van der Waals surface area contributed by atoms with Crippen molar-refractivity contribution >= 4 is 23.6 Å². The molecular weight excluding hydrogens is 534 g/mol. The Kier molecular flexibility index (Phi) is 10.2. The minimum absolute atomic E-state index is 0.0684. The Morgan fingerprint density at radius 1 is 0.905 bits per heavy atom. The van der Waals surface area contributed by atoms with Crippen molar-refractivity contribution in [3.8, 4) is 11.5 Å². The van der Waals surface area contributed by atoms with Crippen LogP contribution in [0.25, 0.3) is 0 Å². The molecule has 4 N–H and O–H groups in total. The summed E-state index contributed by atoms with van der Waals surface area (Å²) in [5.41, 5.74) is 3.34. The van der Waals surface area contributed by atoms with E-state index in [1.165, 1.54) is 23.1 Å². The van der Waals surface area contributed by atoms with Gasteiger partial charge in [-0.3, -0.25) is 9.59 Å². The van der Waals surface area contributed by atoms with Crippen molar-refractivity contribution in [2.24, 2.45) is 0 Å². The van der Waals surface area contributed by atoms with Gasteiger partial charge in [-0.15, -0.1) is 0 Å². The average Bonchev–Trinajstić information content (AvgIpc) is 2.90. The first-order valence-electron chi connectivity index (χ1n) is 13.9. The molecule has 42 heavy (non-hydrogen) atoms. The fourth-order valence-electron chi connectivity index (χ4n) is 4.71. The Bertz CT molecular complexity index is 1410. The van der Waals surface area contributed by atoms with Crippen molar-refractivity contribution in [2.45, 2.75) is 72.6 Å². The average molecular weight is 576 g/mol. The number of hydrogen-bond acceptors (Lipinski definition) is 6. The summed E-state index contributed by atoms with van der Waals surface area (Å²) < 4.78 is 5.45. The topological polar surface area (TPSA) is 128 Å². The second-order valence-electron chi connectivity index (χ2n) is 11.4. The van der Waals surface area contributed by atoms with Crippen molar-refractivity contribution in [2.75, 3.05) is 11.9 Å². The summed E-state index contributed by atoms with van der Waals surface area (Å²) in [6.07, 6.45) is -0.679. The van der Waals surface area contributed by atoms with Crippen molar-refractivity contribution < 1.29 is 29.3 Å². The summed E-state index contributed by atoms with van der Waals surface area (Å²) in [5.74, 6) is -0.793. The van der Waals surface area contributed by atoms with E-state index in [4.69, 9.17) is 4.74 Å². The molecule has 0 aliphatic heterocycles. The first-order chi connectivity index (χ1) is 19.7. The van der Waals surface area contributed by atoms with Gasteiger partial charge in [-0.1, -0.05) is 36.4 Å². The fraction of sp³-hybridized carbons (Fsp3) is 0.364. The highest BCUT2D eigenvalue weighted by Gasteiger charge is 2.36. The maximum absolute atomic E-state index is 14.3. The van der Waals surface area contributed by atoms with E-state index in [0.29, 0.717) is 22.4 Å². The number of anilines is 1. The second kappa shape index (κ2) is 13.4. The first kappa shape index (κ1) is 32.0. The summed E-state index contributed by atoms with van der Waals surface area (Å²) in [7, 11) is 0. The lowest BCUT2D eigenvalue weighted by atomic mass is 9.98. The minimum Gasteiger partial charge on any atom is -0.508 e. The molecule has 3 amide bonds. The summed E-state index contributed by atoms with van der Waals surface area (Å²) in [6.45, 7) is 12.6. The van der Waals surface area contributed by atoms with Gasteiger partial charge in [-0.2, -0.15) is 0 Å². The van der Waals surface area contributed by atoms with E-state index < -0.39 is 35.6 Å². The molecule has 0 aliphatic rings. The van der Waals surface area contributed by atoms with Gasteiger partial charge in [0, 0.05) is 18.7 Å². The number of likely N-dealkylation sites (N-methyl/N-ethyl adjacent to an activating group) is 1. The monoisotopic (exact) mass is 575 g/mol. The first-order valence-corrected chi connectivity index (χ1v) is 13.9. The van der Waals surface area contributed by atoms with Crippen LogP contribution in [0.2, 0.25) is 0 Å². The number of nitrogens with one attached hydrogen (secondary N) is 2. The van der Waals surface area contributed by atoms with Gasteiger partial charge in [0.2, 0.25) is 5.91 Å². The van der Waals surface area contributed by atoms with E-state index in [-0.39, 0.29) is 24.5 Å².